The van der Waals surface area contributed by atoms with Crippen LogP contribution in [-0.2, 0) is 13.0 Å². The number of rotatable bonds is 4. The van der Waals surface area contributed by atoms with E-state index in [1.54, 1.807) is 6.33 Å². The molecule has 2 aliphatic heterocycles. The van der Waals surface area contributed by atoms with E-state index in [4.69, 9.17) is 0 Å². The van der Waals surface area contributed by atoms with Crippen molar-refractivity contribution in [1.82, 2.24) is 14.9 Å². The van der Waals surface area contributed by atoms with E-state index in [0.717, 1.165) is 37.6 Å². The molecular weight excluding hydrogens is 272 g/mol. The number of likely N-dealkylation sites (tertiary alicyclic amines) is 1. The van der Waals surface area contributed by atoms with Crippen molar-refractivity contribution in [1.29, 1.82) is 0 Å². The predicted molar refractivity (Wildman–Crippen MR) is 87.8 cm³/mol. The van der Waals surface area contributed by atoms with Crippen LogP contribution in [0.1, 0.15) is 24.6 Å². The molecule has 2 aromatic rings. The summed E-state index contributed by atoms with van der Waals surface area (Å²) in [5, 5.41) is 0. The Kier molecular flexibility index (Phi) is 3.34. The number of hydrogen-bond acceptors (Lipinski definition) is 4. The van der Waals surface area contributed by atoms with Crippen LogP contribution < -0.4 is 4.90 Å². The van der Waals surface area contributed by atoms with E-state index in [0.29, 0.717) is 5.54 Å². The molecule has 3 heterocycles. The Morgan fingerprint density at radius 1 is 1.14 bits per heavy atom. The number of benzene rings is 1. The molecule has 0 unspecified atom stereocenters. The molecule has 0 N–H and O–H groups in total. The first-order valence-electron chi connectivity index (χ1n) is 8.14. The lowest BCUT2D eigenvalue weighted by Gasteiger charge is -2.63. The maximum atomic E-state index is 4.44. The molecule has 22 heavy (non-hydrogen) atoms. The molecule has 0 bridgehead atoms. The maximum Gasteiger partial charge on any atom is 0.132 e. The van der Waals surface area contributed by atoms with E-state index in [2.05, 4.69) is 63.1 Å². The Morgan fingerprint density at radius 2 is 1.95 bits per heavy atom. The molecule has 0 saturated carbocycles. The van der Waals surface area contributed by atoms with Crippen molar-refractivity contribution >= 4 is 5.82 Å². The van der Waals surface area contributed by atoms with Gasteiger partial charge >= 0.3 is 0 Å². The van der Waals surface area contributed by atoms with Crippen LogP contribution in [0, 0.1) is 0 Å². The first kappa shape index (κ1) is 13.7. The average Bonchev–Trinajstić information content (AvgIpc) is 2.52. The fraction of sp³-hybridized carbons (Fsp3) is 0.444. The summed E-state index contributed by atoms with van der Waals surface area (Å²) in [6.07, 6.45) is 3.97. The zero-order valence-electron chi connectivity index (χ0n) is 13.1. The van der Waals surface area contributed by atoms with Gasteiger partial charge in [0.05, 0.1) is 5.54 Å². The van der Waals surface area contributed by atoms with Crippen molar-refractivity contribution in [3.05, 3.63) is 54.0 Å². The lowest BCUT2D eigenvalue weighted by atomic mass is 9.77. The van der Waals surface area contributed by atoms with Crippen molar-refractivity contribution in [2.24, 2.45) is 0 Å². The van der Waals surface area contributed by atoms with Crippen LogP contribution in [0.2, 0.25) is 0 Å². The van der Waals surface area contributed by atoms with Gasteiger partial charge in [0, 0.05) is 37.9 Å². The molecule has 2 aliphatic rings. The van der Waals surface area contributed by atoms with E-state index in [-0.39, 0.29) is 0 Å². The molecule has 1 spiro atoms. The second kappa shape index (κ2) is 5.36. The number of anilines is 1. The molecular formula is C18H22N4. The highest BCUT2D eigenvalue weighted by Gasteiger charge is 2.53. The number of aryl methyl sites for hydroxylation is 1. The van der Waals surface area contributed by atoms with Crippen LogP contribution >= 0.6 is 0 Å². The quantitative estimate of drug-likeness (QED) is 0.867. The molecule has 2 saturated heterocycles. The SMILES string of the molecule is CCc1cc(N2CC3(CCN3Cc3ccccc3)C2)ncn1. The predicted octanol–water partition coefficient (Wildman–Crippen LogP) is 2.50. The standard InChI is InChI=1S/C18H22N4/c1-2-16-10-17(20-14-19-16)21-12-18(13-21)8-9-22(18)11-15-6-4-3-5-7-15/h3-7,10,14H,2,8-9,11-13H2,1H3. The third-order valence-electron chi connectivity index (χ3n) is 5.10. The van der Waals surface area contributed by atoms with Crippen LogP contribution in [0.4, 0.5) is 5.82 Å². The molecule has 1 aromatic carbocycles. The van der Waals surface area contributed by atoms with E-state index in [9.17, 15) is 0 Å². The lowest BCUT2D eigenvalue weighted by Crippen LogP contribution is -2.76. The van der Waals surface area contributed by atoms with Gasteiger partial charge in [0.2, 0.25) is 0 Å². The zero-order chi connectivity index (χ0) is 15.0. The lowest BCUT2D eigenvalue weighted by molar-refractivity contribution is -0.0434. The highest BCUT2D eigenvalue weighted by atomic mass is 15.4. The van der Waals surface area contributed by atoms with Gasteiger partial charge in [0.25, 0.3) is 0 Å². The zero-order valence-corrected chi connectivity index (χ0v) is 13.1. The molecule has 0 radical (unpaired) electrons. The normalized spacial score (nSPS) is 19.8. The minimum Gasteiger partial charge on any atom is -0.353 e. The van der Waals surface area contributed by atoms with E-state index in [1.807, 2.05) is 0 Å². The molecule has 0 amide bonds. The van der Waals surface area contributed by atoms with Gasteiger partial charge in [-0.2, -0.15) is 0 Å². The van der Waals surface area contributed by atoms with Gasteiger partial charge in [-0.05, 0) is 18.4 Å². The summed E-state index contributed by atoms with van der Waals surface area (Å²) in [7, 11) is 0. The second-order valence-corrected chi connectivity index (χ2v) is 6.46. The Labute approximate surface area is 131 Å². The van der Waals surface area contributed by atoms with Gasteiger partial charge in [-0.15, -0.1) is 0 Å². The van der Waals surface area contributed by atoms with Crippen LogP contribution in [-0.4, -0.2) is 40.0 Å². The highest BCUT2D eigenvalue weighted by Crippen LogP contribution is 2.41. The van der Waals surface area contributed by atoms with Crippen LogP contribution in [0.3, 0.4) is 0 Å². The molecule has 114 valence electrons. The molecule has 0 aliphatic carbocycles. The largest absolute Gasteiger partial charge is 0.353 e. The van der Waals surface area contributed by atoms with Crippen LogP contribution in [0.15, 0.2) is 42.7 Å². The first-order valence-corrected chi connectivity index (χ1v) is 8.14. The van der Waals surface area contributed by atoms with Crippen molar-refractivity contribution in [2.45, 2.75) is 31.8 Å². The molecule has 2 fully saturated rings. The Hall–Kier alpha value is -1.94. The maximum absolute atomic E-state index is 4.44. The number of aromatic nitrogens is 2. The van der Waals surface area contributed by atoms with E-state index in [1.165, 1.54) is 18.5 Å². The summed E-state index contributed by atoms with van der Waals surface area (Å²) in [6, 6.07) is 12.9. The first-order chi connectivity index (χ1) is 10.8. The minimum atomic E-state index is 0.382. The van der Waals surface area contributed by atoms with Crippen molar-refractivity contribution in [3.8, 4) is 0 Å². The molecule has 1 aromatic heterocycles. The summed E-state index contributed by atoms with van der Waals surface area (Å²) < 4.78 is 0. The van der Waals surface area contributed by atoms with Crippen molar-refractivity contribution in [2.75, 3.05) is 24.5 Å². The van der Waals surface area contributed by atoms with Gasteiger partial charge in [-0.25, -0.2) is 9.97 Å². The summed E-state index contributed by atoms with van der Waals surface area (Å²) in [6.45, 7) is 6.61. The monoisotopic (exact) mass is 294 g/mol. The van der Waals surface area contributed by atoms with Gasteiger partial charge in [-0.1, -0.05) is 37.3 Å². The second-order valence-electron chi connectivity index (χ2n) is 6.46. The van der Waals surface area contributed by atoms with Crippen molar-refractivity contribution < 1.29 is 0 Å². The summed E-state index contributed by atoms with van der Waals surface area (Å²) >= 11 is 0. The number of nitrogens with zero attached hydrogens (tertiary/aromatic N) is 4. The average molecular weight is 294 g/mol. The Morgan fingerprint density at radius 3 is 2.64 bits per heavy atom. The minimum absolute atomic E-state index is 0.382. The van der Waals surface area contributed by atoms with Gasteiger partial charge in [0.15, 0.2) is 0 Å². The van der Waals surface area contributed by atoms with E-state index >= 15 is 0 Å². The summed E-state index contributed by atoms with van der Waals surface area (Å²) in [5.41, 5.74) is 2.92. The molecule has 4 nitrogen and oxygen atoms in total. The van der Waals surface area contributed by atoms with E-state index < -0.39 is 0 Å². The van der Waals surface area contributed by atoms with Gasteiger partial charge < -0.3 is 4.90 Å². The fourth-order valence-electron chi connectivity index (χ4n) is 3.57. The third kappa shape index (κ3) is 2.28. The molecule has 0 atom stereocenters. The van der Waals surface area contributed by atoms with Crippen LogP contribution in [0.25, 0.3) is 0 Å². The van der Waals surface area contributed by atoms with Gasteiger partial charge in [-0.3, -0.25) is 4.90 Å². The smallest absolute Gasteiger partial charge is 0.132 e. The topological polar surface area (TPSA) is 32.3 Å². The summed E-state index contributed by atoms with van der Waals surface area (Å²) in [5.74, 6) is 1.09. The van der Waals surface area contributed by atoms with Crippen LogP contribution in [0.5, 0.6) is 0 Å². The number of hydrogen-bond donors (Lipinski definition) is 0. The fourth-order valence-corrected chi connectivity index (χ4v) is 3.57. The molecule has 4 rings (SSSR count). The van der Waals surface area contributed by atoms with Crippen molar-refractivity contribution in [3.63, 3.8) is 0 Å². The Balaban J connectivity index is 1.41. The van der Waals surface area contributed by atoms with Gasteiger partial charge in [0.1, 0.15) is 12.1 Å². The summed E-state index contributed by atoms with van der Waals surface area (Å²) in [4.78, 5) is 13.7. The highest BCUT2D eigenvalue weighted by molar-refractivity contribution is 5.46. The Bertz CT molecular complexity index is 649. The molecule has 4 heteroatoms. The third-order valence-corrected chi connectivity index (χ3v) is 5.10.